The fourth-order valence-corrected chi connectivity index (χ4v) is 1.72. The van der Waals surface area contributed by atoms with Gasteiger partial charge in [-0.2, -0.15) is 9.65 Å². The lowest BCUT2D eigenvalue weighted by atomic mass is 10.0. The Balaban J connectivity index is 2.85. The summed E-state index contributed by atoms with van der Waals surface area (Å²) in [7, 11) is 0. The molecule has 1 heterocycles. The van der Waals surface area contributed by atoms with E-state index in [-0.39, 0.29) is 5.56 Å². The Morgan fingerprint density at radius 2 is 1.38 bits per heavy atom. The van der Waals surface area contributed by atoms with Gasteiger partial charge in [0.15, 0.2) is 23.3 Å². The third-order valence-electron chi connectivity index (χ3n) is 2.66. The van der Waals surface area contributed by atoms with Crippen LogP contribution in [0.3, 0.4) is 0 Å². The van der Waals surface area contributed by atoms with Gasteiger partial charge in [-0.25, -0.2) is 26.9 Å². The second-order valence-electron chi connectivity index (χ2n) is 3.92. The molecule has 0 amide bonds. The summed E-state index contributed by atoms with van der Waals surface area (Å²) in [6.07, 6.45) is -0.442. The second-order valence-corrected chi connectivity index (χ2v) is 3.92. The monoisotopic (exact) mass is 302 g/mol. The van der Waals surface area contributed by atoms with E-state index in [0.717, 1.165) is 12.1 Å². The number of nitrogens with zero attached hydrogens (tertiary/aromatic N) is 2. The molecule has 21 heavy (non-hydrogen) atoms. The third kappa shape index (κ3) is 2.42. The smallest absolute Gasteiger partial charge is 0.213 e. The van der Waals surface area contributed by atoms with Crippen molar-refractivity contribution >= 4 is 0 Å². The zero-order valence-electron chi connectivity index (χ0n) is 10.0. The highest BCUT2D eigenvalue weighted by Crippen LogP contribution is 2.32. The van der Waals surface area contributed by atoms with Crippen LogP contribution in [0, 0.1) is 46.4 Å². The van der Waals surface area contributed by atoms with Crippen molar-refractivity contribution in [3.05, 3.63) is 52.7 Å². The first-order chi connectivity index (χ1) is 9.88. The highest BCUT2D eigenvalue weighted by atomic mass is 19.2. The summed E-state index contributed by atoms with van der Waals surface area (Å²) in [5.74, 6) is -12.1. The van der Waals surface area contributed by atoms with Crippen molar-refractivity contribution in [1.29, 1.82) is 5.26 Å². The minimum absolute atomic E-state index is 0.165. The van der Waals surface area contributed by atoms with Crippen LogP contribution in [0.25, 0.3) is 11.3 Å². The molecule has 0 aliphatic rings. The highest BCUT2D eigenvalue weighted by Gasteiger charge is 2.28. The number of halogens is 6. The molecule has 0 saturated carbocycles. The van der Waals surface area contributed by atoms with E-state index in [1.165, 1.54) is 0 Å². The Bertz CT molecular complexity index is 737. The molecular formula is C13H4F6N2. The van der Waals surface area contributed by atoms with E-state index in [1.54, 1.807) is 6.07 Å². The van der Waals surface area contributed by atoms with Crippen LogP contribution in [0.15, 0.2) is 12.1 Å². The van der Waals surface area contributed by atoms with Crippen molar-refractivity contribution in [3.63, 3.8) is 0 Å². The molecule has 0 unspecified atom stereocenters. The molecule has 0 radical (unpaired) electrons. The van der Waals surface area contributed by atoms with Crippen molar-refractivity contribution in [3.8, 4) is 17.3 Å². The minimum Gasteiger partial charge on any atom is -0.219 e. The molecule has 0 atom stereocenters. The van der Waals surface area contributed by atoms with Gasteiger partial charge >= 0.3 is 0 Å². The topological polar surface area (TPSA) is 36.7 Å². The summed E-state index contributed by atoms with van der Waals surface area (Å²) in [4.78, 5) is 3.14. The number of aromatic nitrogens is 1. The number of pyridine rings is 1. The van der Waals surface area contributed by atoms with Gasteiger partial charge in [0.1, 0.15) is 0 Å². The highest BCUT2D eigenvalue weighted by molar-refractivity contribution is 5.65. The van der Waals surface area contributed by atoms with Gasteiger partial charge in [0.2, 0.25) is 11.8 Å². The van der Waals surface area contributed by atoms with Crippen LogP contribution in [-0.4, -0.2) is 4.98 Å². The van der Waals surface area contributed by atoms with Crippen LogP contribution in [0.1, 0.15) is 5.56 Å². The van der Waals surface area contributed by atoms with Crippen molar-refractivity contribution in [2.45, 2.75) is 6.42 Å². The first-order valence-corrected chi connectivity index (χ1v) is 5.42. The number of hydrogen-bond acceptors (Lipinski definition) is 2. The maximum absolute atomic E-state index is 13.7. The lowest BCUT2D eigenvalue weighted by Crippen LogP contribution is -2.07. The van der Waals surface area contributed by atoms with Gasteiger partial charge in [-0.15, -0.1) is 0 Å². The minimum atomic E-state index is -2.33. The molecule has 0 spiro atoms. The Labute approximate surface area is 114 Å². The number of hydrogen-bond donors (Lipinski definition) is 0. The van der Waals surface area contributed by atoms with Crippen LogP contribution in [0.2, 0.25) is 0 Å². The van der Waals surface area contributed by atoms with E-state index in [4.69, 9.17) is 5.26 Å². The second kappa shape index (κ2) is 5.44. The van der Waals surface area contributed by atoms with Gasteiger partial charge in [0.05, 0.1) is 23.7 Å². The van der Waals surface area contributed by atoms with E-state index < -0.39 is 52.7 Å². The predicted molar refractivity (Wildman–Crippen MR) is 58.7 cm³/mol. The molecule has 0 bridgehead atoms. The molecule has 1 aromatic heterocycles. The first-order valence-electron chi connectivity index (χ1n) is 5.42. The molecule has 2 nitrogen and oxygen atoms in total. The molecule has 8 heteroatoms. The quantitative estimate of drug-likeness (QED) is 0.367. The lowest BCUT2D eigenvalue weighted by molar-refractivity contribution is 0.381. The molecule has 2 aromatic rings. The van der Waals surface area contributed by atoms with E-state index in [1.807, 2.05) is 0 Å². The molecule has 108 valence electrons. The SMILES string of the molecule is N#CCc1ccc(F)nc1-c1c(F)c(F)c(F)c(F)c1F. The lowest BCUT2D eigenvalue weighted by Gasteiger charge is -2.10. The van der Waals surface area contributed by atoms with Crippen molar-refractivity contribution in [2.75, 3.05) is 0 Å². The largest absolute Gasteiger partial charge is 0.219 e. The fraction of sp³-hybridized carbons (Fsp3) is 0.0769. The van der Waals surface area contributed by atoms with Gasteiger partial charge in [-0.3, -0.25) is 0 Å². The van der Waals surface area contributed by atoms with Gasteiger partial charge in [-0.1, -0.05) is 6.07 Å². The standard InChI is InChI=1S/C13H4F6N2/c14-6-2-1-5(3-4-20)13(21-6)7-8(15)10(17)12(19)11(18)9(7)16/h1-2H,3H2. The van der Waals surface area contributed by atoms with Crippen LogP contribution in [0.5, 0.6) is 0 Å². The van der Waals surface area contributed by atoms with Crippen LogP contribution >= 0.6 is 0 Å². The van der Waals surface area contributed by atoms with E-state index in [2.05, 4.69) is 4.98 Å². The molecule has 0 aliphatic carbocycles. The van der Waals surface area contributed by atoms with Crippen LogP contribution in [-0.2, 0) is 6.42 Å². The van der Waals surface area contributed by atoms with E-state index in [0.29, 0.717) is 0 Å². The maximum atomic E-state index is 13.7. The Morgan fingerprint density at radius 3 is 1.90 bits per heavy atom. The fourth-order valence-electron chi connectivity index (χ4n) is 1.72. The number of nitriles is 1. The summed E-state index contributed by atoms with van der Waals surface area (Å²) in [6.45, 7) is 0. The Morgan fingerprint density at radius 1 is 0.857 bits per heavy atom. The molecule has 0 fully saturated rings. The Kier molecular flexibility index (Phi) is 3.84. The Hall–Kier alpha value is -2.56. The third-order valence-corrected chi connectivity index (χ3v) is 2.66. The summed E-state index contributed by atoms with van der Waals surface area (Å²) in [5.41, 5.74) is -2.33. The summed E-state index contributed by atoms with van der Waals surface area (Å²) < 4.78 is 79.7. The average molecular weight is 302 g/mol. The molecular weight excluding hydrogens is 298 g/mol. The number of benzene rings is 1. The maximum Gasteiger partial charge on any atom is 0.213 e. The van der Waals surface area contributed by atoms with Crippen LogP contribution in [0.4, 0.5) is 26.3 Å². The normalized spacial score (nSPS) is 10.5. The average Bonchev–Trinajstić information content (AvgIpc) is 2.46. The first kappa shape index (κ1) is 14.8. The molecule has 0 N–H and O–H groups in total. The van der Waals surface area contributed by atoms with Crippen molar-refractivity contribution < 1.29 is 26.3 Å². The zero-order valence-corrected chi connectivity index (χ0v) is 10.0. The molecule has 1 aromatic carbocycles. The van der Waals surface area contributed by atoms with E-state index in [9.17, 15) is 26.3 Å². The number of rotatable bonds is 2. The van der Waals surface area contributed by atoms with Crippen molar-refractivity contribution in [2.24, 2.45) is 0 Å². The predicted octanol–water partition coefficient (Wildman–Crippen LogP) is 3.65. The van der Waals surface area contributed by atoms with Gasteiger partial charge < -0.3 is 0 Å². The van der Waals surface area contributed by atoms with Gasteiger partial charge in [-0.05, 0) is 11.6 Å². The summed E-state index contributed by atoms with van der Waals surface area (Å²) >= 11 is 0. The van der Waals surface area contributed by atoms with Crippen molar-refractivity contribution in [1.82, 2.24) is 4.98 Å². The summed E-state index contributed by atoms with van der Waals surface area (Å²) in [6, 6.07) is 3.42. The van der Waals surface area contributed by atoms with E-state index >= 15 is 0 Å². The molecule has 0 saturated heterocycles. The van der Waals surface area contributed by atoms with Crippen LogP contribution < -0.4 is 0 Å². The van der Waals surface area contributed by atoms with Gasteiger partial charge in [0, 0.05) is 0 Å². The molecule has 2 rings (SSSR count). The molecule has 0 aliphatic heterocycles. The zero-order chi connectivity index (χ0) is 15.7. The summed E-state index contributed by atoms with van der Waals surface area (Å²) in [5, 5.41) is 8.59. The van der Waals surface area contributed by atoms with Gasteiger partial charge in [0.25, 0.3) is 0 Å².